The summed E-state index contributed by atoms with van der Waals surface area (Å²) in [7, 11) is 1.36. The zero-order valence-electron chi connectivity index (χ0n) is 17.2. The second-order valence-electron chi connectivity index (χ2n) is 7.58. The predicted octanol–water partition coefficient (Wildman–Crippen LogP) is 3.56. The van der Waals surface area contributed by atoms with E-state index in [0.717, 1.165) is 25.9 Å². The summed E-state index contributed by atoms with van der Waals surface area (Å²) in [6, 6.07) is 4.73. The van der Waals surface area contributed by atoms with Crippen LogP contribution in [-0.2, 0) is 9.59 Å². The van der Waals surface area contributed by atoms with Gasteiger partial charge in [0.2, 0.25) is 11.8 Å². The molecule has 0 radical (unpaired) electrons. The molecule has 2 saturated heterocycles. The molecule has 0 atom stereocenters. The van der Waals surface area contributed by atoms with Crippen LogP contribution in [0.2, 0.25) is 0 Å². The summed E-state index contributed by atoms with van der Waals surface area (Å²) in [5, 5.41) is 0. The maximum Gasteiger partial charge on any atom is 0.387 e. The van der Waals surface area contributed by atoms with E-state index in [2.05, 4.69) is 4.74 Å². The van der Waals surface area contributed by atoms with Crippen LogP contribution in [0.1, 0.15) is 37.7 Å². The Kier molecular flexibility index (Phi) is 7.65. The molecule has 2 fully saturated rings. The van der Waals surface area contributed by atoms with E-state index in [0.29, 0.717) is 31.5 Å². The quantitative estimate of drug-likeness (QED) is 0.658. The second-order valence-corrected chi connectivity index (χ2v) is 7.58. The highest BCUT2D eigenvalue weighted by Crippen LogP contribution is 2.33. The fourth-order valence-corrected chi connectivity index (χ4v) is 4.03. The van der Waals surface area contributed by atoms with E-state index in [1.54, 1.807) is 17.0 Å². The van der Waals surface area contributed by atoms with Crippen molar-refractivity contribution in [3.05, 3.63) is 29.8 Å². The number of carbonyl (C=O) groups is 2. The number of para-hydroxylation sites is 1. The Balaban J connectivity index is 1.58. The van der Waals surface area contributed by atoms with Gasteiger partial charge in [-0.15, -0.1) is 0 Å². The summed E-state index contributed by atoms with van der Waals surface area (Å²) in [5.41, 5.74) is 0.332. The van der Waals surface area contributed by atoms with Crippen molar-refractivity contribution in [1.82, 2.24) is 9.80 Å². The molecule has 0 aromatic heterocycles. The maximum atomic E-state index is 12.7. The molecule has 0 aliphatic carbocycles. The predicted molar refractivity (Wildman–Crippen MR) is 108 cm³/mol. The Bertz CT molecular complexity index is 770. The Morgan fingerprint density at radius 2 is 1.77 bits per heavy atom. The van der Waals surface area contributed by atoms with Crippen molar-refractivity contribution in [1.29, 1.82) is 0 Å². The lowest BCUT2D eigenvalue weighted by Crippen LogP contribution is -2.45. The van der Waals surface area contributed by atoms with Crippen LogP contribution in [0.15, 0.2) is 24.3 Å². The first-order chi connectivity index (χ1) is 14.5. The first-order valence-corrected chi connectivity index (χ1v) is 10.4. The van der Waals surface area contributed by atoms with E-state index in [-0.39, 0.29) is 29.2 Å². The lowest BCUT2D eigenvalue weighted by molar-refractivity contribution is -0.140. The number of rotatable bonds is 6. The lowest BCUT2D eigenvalue weighted by Gasteiger charge is -2.35. The smallest absolute Gasteiger partial charge is 0.387 e. The summed E-state index contributed by atoms with van der Waals surface area (Å²) in [4.78, 5) is 28.9. The van der Waals surface area contributed by atoms with Crippen LogP contribution in [-0.4, -0.2) is 61.5 Å². The van der Waals surface area contributed by atoms with Gasteiger partial charge in [0.25, 0.3) is 0 Å². The van der Waals surface area contributed by atoms with Gasteiger partial charge in [-0.05, 0) is 44.2 Å². The molecule has 2 aliphatic heterocycles. The second kappa shape index (κ2) is 10.4. The van der Waals surface area contributed by atoms with Crippen molar-refractivity contribution in [2.24, 2.45) is 5.92 Å². The van der Waals surface area contributed by atoms with Crippen LogP contribution >= 0.6 is 0 Å². The van der Waals surface area contributed by atoms with E-state index >= 15 is 0 Å². The Hall–Kier alpha value is -2.64. The van der Waals surface area contributed by atoms with E-state index in [4.69, 9.17) is 4.74 Å². The summed E-state index contributed by atoms with van der Waals surface area (Å²) in [6.07, 6.45) is 7.40. The van der Waals surface area contributed by atoms with Gasteiger partial charge in [-0.1, -0.05) is 12.1 Å². The minimum atomic E-state index is -3.00. The van der Waals surface area contributed by atoms with E-state index in [1.165, 1.54) is 31.7 Å². The average molecular weight is 422 g/mol. The molecule has 30 heavy (non-hydrogen) atoms. The third-order valence-corrected chi connectivity index (χ3v) is 5.67. The van der Waals surface area contributed by atoms with Gasteiger partial charge in [0.05, 0.1) is 7.11 Å². The molecule has 8 heteroatoms. The molecule has 0 bridgehead atoms. The minimum absolute atomic E-state index is 0.0273. The number of benzene rings is 1. The topological polar surface area (TPSA) is 59.1 Å². The number of amides is 2. The molecule has 0 saturated carbocycles. The number of methoxy groups -OCH3 is 1. The van der Waals surface area contributed by atoms with Crippen LogP contribution in [0.25, 0.3) is 6.08 Å². The van der Waals surface area contributed by atoms with Gasteiger partial charge in [0.15, 0.2) is 11.5 Å². The lowest BCUT2D eigenvalue weighted by atomic mass is 9.94. The summed E-state index contributed by atoms with van der Waals surface area (Å²) < 4.78 is 35.1. The van der Waals surface area contributed by atoms with Gasteiger partial charge < -0.3 is 19.3 Å². The number of alkyl halides is 2. The van der Waals surface area contributed by atoms with Crippen LogP contribution in [0, 0.1) is 5.92 Å². The first kappa shape index (κ1) is 22.1. The van der Waals surface area contributed by atoms with Crippen LogP contribution in [0.5, 0.6) is 11.5 Å². The third kappa shape index (κ3) is 5.49. The number of hydrogen-bond acceptors (Lipinski definition) is 4. The Labute approximate surface area is 175 Å². The summed E-state index contributed by atoms with van der Waals surface area (Å²) >= 11 is 0. The molecule has 6 nitrogen and oxygen atoms in total. The third-order valence-electron chi connectivity index (χ3n) is 5.67. The largest absolute Gasteiger partial charge is 0.493 e. The van der Waals surface area contributed by atoms with Crippen molar-refractivity contribution >= 4 is 17.9 Å². The average Bonchev–Trinajstić information content (AvgIpc) is 2.78. The van der Waals surface area contributed by atoms with Gasteiger partial charge in [0, 0.05) is 43.7 Å². The minimum Gasteiger partial charge on any atom is -0.493 e. The summed E-state index contributed by atoms with van der Waals surface area (Å²) in [5.74, 6) is 0.0274. The zero-order chi connectivity index (χ0) is 21.5. The zero-order valence-corrected chi connectivity index (χ0v) is 17.2. The molecule has 164 valence electrons. The number of carbonyl (C=O) groups excluding carboxylic acids is 2. The van der Waals surface area contributed by atoms with Crippen LogP contribution < -0.4 is 9.47 Å². The van der Waals surface area contributed by atoms with Crippen molar-refractivity contribution in [3.8, 4) is 11.5 Å². The molecule has 1 aromatic carbocycles. The van der Waals surface area contributed by atoms with Crippen molar-refractivity contribution in [2.45, 2.75) is 38.7 Å². The number of likely N-dealkylation sites (tertiary alicyclic amines) is 2. The van der Waals surface area contributed by atoms with E-state index in [9.17, 15) is 18.4 Å². The molecule has 2 amide bonds. The number of ether oxygens (including phenoxy) is 2. The highest BCUT2D eigenvalue weighted by atomic mass is 19.3. The van der Waals surface area contributed by atoms with Gasteiger partial charge in [-0.2, -0.15) is 8.78 Å². The van der Waals surface area contributed by atoms with Crippen LogP contribution in [0.3, 0.4) is 0 Å². The number of halogens is 2. The Morgan fingerprint density at radius 3 is 2.40 bits per heavy atom. The summed E-state index contributed by atoms with van der Waals surface area (Å²) in [6.45, 7) is -0.313. The van der Waals surface area contributed by atoms with Gasteiger partial charge in [-0.3, -0.25) is 9.59 Å². The van der Waals surface area contributed by atoms with Gasteiger partial charge >= 0.3 is 6.61 Å². The monoisotopic (exact) mass is 422 g/mol. The highest BCUT2D eigenvalue weighted by Gasteiger charge is 2.30. The van der Waals surface area contributed by atoms with Gasteiger partial charge in [-0.25, -0.2) is 0 Å². The molecule has 2 aliphatic rings. The number of piperidine rings is 2. The fraction of sp³-hybridized carbons (Fsp3) is 0.545. The standard InChI is InChI=1S/C22H28F2N2O4/c1-29-18-7-5-6-16(20(18)30-22(23)24)8-9-19(27)25-14-10-17(11-15-25)21(28)26-12-3-2-4-13-26/h5-9,17,22H,2-4,10-15H2,1H3/b9-8+. The SMILES string of the molecule is COc1cccc(/C=C/C(=O)N2CCC(C(=O)N3CCCCC3)CC2)c1OC(F)F. The molecule has 2 heterocycles. The van der Waals surface area contributed by atoms with Crippen molar-refractivity contribution in [2.75, 3.05) is 33.3 Å². The highest BCUT2D eigenvalue weighted by molar-refractivity contribution is 5.92. The molecular formula is C22H28F2N2O4. The normalized spacial score (nSPS) is 18.1. The molecule has 3 rings (SSSR count). The fourth-order valence-electron chi connectivity index (χ4n) is 4.03. The van der Waals surface area contributed by atoms with E-state index < -0.39 is 6.61 Å². The molecule has 0 N–H and O–H groups in total. The van der Waals surface area contributed by atoms with Crippen LogP contribution in [0.4, 0.5) is 8.78 Å². The van der Waals surface area contributed by atoms with Crippen molar-refractivity contribution < 1.29 is 27.8 Å². The maximum absolute atomic E-state index is 12.7. The first-order valence-electron chi connectivity index (χ1n) is 10.4. The molecule has 1 aromatic rings. The number of hydrogen-bond donors (Lipinski definition) is 0. The molecule has 0 spiro atoms. The molecular weight excluding hydrogens is 394 g/mol. The number of nitrogens with zero attached hydrogens (tertiary/aromatic N) is 2. The Morgan fingerprint density at radius 1 is 1.07 bits per heavy atom. The van der Waals surface area contributed by atoms with Gasteiger partial charge in [0.1, 0.15) is 0 Å². The van der Waals surface area contributed by atoms with Crippen molar-refractivity contribution in [3.63, 3.8) is 0 Å². The van der Waals surface area contributed by atoms with E-state index in [1.807, 2.05) is 4.90 Å². The molecule has 0 unspecified atom stereocenters.